The molecular formula is C118H155Cl2F2N9O14. The van der Waals surface area contributed by atoms with Crippen molar-refractivity contribution >= 4 is 76.4 Å². The fraction of sp³-hybridized carbons (Fsp3) is 0.466. The number of nitrogens with two attached hydrogens (primary N) is 9. The summed E-state index contributed by atoms with van der Waals surface area (Å²) >= 11 is 11.7. The first kappa shape index (κ1) is 118. The number of methoxy groups -OCH3 is 3. The standard InChI is InChI=1S/C14H18ClNO.C14H17NO3.C14H19NO2.C13H16FNO.C13H17NO2.C13H19NO2.C13H17NO.C12H16ClNO.C12H16FNO/c15-12-6-4-11(5-7-12)14(10-13(16)17)8-2-1-3-9-14;15-14(16)8-11(9-1-2-9)10-3-4-12-13(7-10)18-6-5-17-12;1-9-7-11(5-6-13(9)17-2)12(8-14(15)16)10-3-4-10;1-8-6-10(4-5-12(8)14)11(7-13(15)16)9-2-3-9;1-16-11-6-4-10(5-7-11)12(8-13(14)15)9-2-3-9;1-9(2)12(8-13(14)15)10-4-6-11(16-3)7-5-10;1-9-2-4-10(5-3-9)12(8-13(14)15)11-6-7-11;2*1-8(2)11(7-12(14)15)9-3-5-10(13)6-4-9/h4-7H,1-3,8-10H2,(H2,16,17);3-4,7,9,11H,1-2,5-6,8H2,(H2,15,16);5-7,10,12H,3-4,8H2,1-2H3,(H2,15,16);4-6,9,11H,2-3,7H2,1H3,(H2,15,16);4-7,9,12H,2-3,8H2,1H3,(H2,14,15);4-7,9,12H,8H2,1-3H3,(H2,14,15);2-5,11-12H,6-8H2,1H3,(H2,14,15);2*3-6,8,11H,7H2,1-2H3,(H2,14,15). The van der Waals surface area contributed by atoms with Gasteiger partial charge in [0.15, 0.2) is 11.5 Å². The van der Waals surface area contributed by atoms with Crippen molar-refractivity contribution in [3.05, 3.63) is 289 Å². The molecule has 0 saturated heterocycles. The van der Waals surface area contributed by atoms with Crippen LogP contribution >= 0.6 is 23.2 Å². The van der Waals surface area contributed by atoms with E-state index in [9.17, 15) is 51.9 Å². The Hall–Kier alpha value is -12.4. The summed E-state index contributed by atoms with van der Waals surface area (Å²) < 4.78 is 52.4. The number of ether oxygens (including phenoxy) is 5. The number of aryl methyl sites for hydroxylation is 3. The number of hydrogen-bond acceptors (Lipinski definition) is 14. The van der Waals surface area contributed by atoms with E-state index >= 15 is 0 Å². The number of hydrogen-bond donors (Lipinski definition) is 9. The zero-order valence-corrected chi connectivity index (χ0v) is 88.1. The molecule has 0 aromatic heterocycles. The molecule has 6 fully saturated rings. The predicted octanol–water partition coefficient (Wildman–Crippen LogP) is 22.3. The van der Waals surface area contributed by atoms with Crippen molar-refractivity contribution in [2.45, 2.75) is 269 Å². The third kappa shape index (κ3) is 41.2. The normalized spacial score (nSPS) is 16.1. The molecule has 9 aromatic rings. The first-order valence-corrected chi connectivity index (χ1v) is 51.7. The van der Waals surface area contributed by atoms with Gasteiger partial charge in [0, 0.05) is 73.2 Å². The lowest BCUT2D eigenvalue weighted by molar-refractivity contribution is -0.120. The van der Waals surface area contributed by atoms with Crippen molar-refractivity contribution in [2.24, 2.45) is 98.9 Å². The molecule has 784 valence electrons. The maximum Gasteiger partial charge on any atom is 0.218 e. The van der Waals surface area contributed by atoms with Gasteiger partial charge in [-0.25, -0.2) is 8.78 Å². The molecular weight excluding hydrogens is 1880 g/mol. The van der Waals surface area contributed by atoms with Crippen LogP contribution in [0.25, 0.3) is 0 Å². The molecule has 145 heavy (non-hydrogen) atoms. The maximum absolute atomic E-state index is 13.1. The summed E-state index contributed by atoms with van der Waals surface area (Å²) in [6, 6.07) is 63.1. The van der Waals surface area contributed by atoms with Gasteiger partial charge in [-0.05, 0) is 339 Å². The topological polar surface area (TPSA) is 434 Å². The van der Waals surface area contributed by atoms with Crippen LogP contribution < -0.4 is 75.3 Å². The predicted molar refractivity (Wildman–Crippen MR) is 572 cm³/mol. The van der Waals surface area contributed by atoms with E-state index in [0.717, 1.165) is 92.8 Å². The highest BCUT2D eigenvalue weighted by Crippen LogP contribution is 2.51. The molecule has 9 aromatic carbocycles. The van der Waals surface area contributed by atoms with Crippen LogP contribution in [-0.2, 0) is 48.6 Å². The molecule has 27 heteroatoms. The third-order valence-electron chi connectivity index (χ3n) is 28.2. The lowest BCUT2D eigenvalue weighted by atomic mass is 9.67. The van der Waals surface area contributed by atoms with Crippen LogP contribution in [0.1, 0.15) is 310 Å². The zero-order valence-electron chi connectivity index (χ0n) is 86.6. The van der Waals surface area contributed by atoms with Crippen LogP contribution in [-0.4, -0.2) is 87.7 Å². The second-order valence-electron chi connectivity index (χ2n) is 40.8. The highest BCUT2D eigenvalue weighted by molar-refractivity contribution is 6.30. The monoisotopic (exact) mass is 2030 g/mol. The van der Waals surface area contributed by atoms with Gasteiger partial charge in [-0.2, -0.15) is 0 Å². The number of halogens is 4. The average Bonchev–Trinajstić information content (AvgIpc) is 1.42. The van der Waals surface area contributed by atoms with Gasteiger partial charge in [0.05, 0.1) is 21.3 Å². The second-order valence-corrected chi connectivity index (χ2v) is 41.7. The number of fused-ring (bicyclic) bond motifs is 1. The van der Waals surface area contributed by atoms with Gasteiger partial charge < -0.3 is 75.3 Å². The van der Waals surface area contributed by atoms with Crippen molar-refractivity contribution in [2.75, 3.05) is 34.5 Å². The van der Waals surface area contributed by atoms with Gasteiger partial charge >= 0.3 is 0 Å². The summed E-state index contributed by atoms with van der Waals surface area (Å²) in [7, 11) is 4.96. The Morgan fingerprint density at radius 1 is 0.331 bits per heavy atom. The Morgan fingerprint density at radius 2 is 0.628 bits per heavy atom. The number of benzene rings is 9. The third-order valence-corrected chi connectivity index (χ3v) is 28.7. The van der Waals surface area contributed by atoms with E-state index in [-0.39, 0.29) is 106 Å². The van der Waals surface area contributed by atoms with Crippen LogP contribution in [0.4, 0.5) is 8.78 Å². The van der Waals surface area contributed by atoms with E-state index in [1.807, 2.05) is 148 Å². The lowest BCUT2D eigenvalue weighted by Crippen LogP contribution is -2.34. The van der Waals surface area contributed by atoms with Crippen molar-refractivity contribution in [1.82, 2.24) is 0 Å². The van der Waals surface area contributed by atoms with Crippen molar-refractivity contribution in [3.63, 3.8) is 0 Å². The number of carbonyl (C=O) groups is 9. The number of amides is 9. The molecule has 6 saturated carbocycles. The zero-order chi connectivity index (χ0) is 106. The van der Waals surface area contributed by atoms with E-state index in [2.05, 4.69) is 71.0 Å². The fourth-order valence-corrected chi connectivity index (χ4v) is 19.7. The summed E-state index contributed by atoms with van der Waals surface area (Å²) in [4.78, 5) is 99.5. The average molecular weight is 2030 g/mol. The summed E-state index contributed by atoms with van der Waals surface area (Å²) in [5.74, 6) is 7.48. The van der Waals surface area contributed by atoms with Gasteiger partial charge in [0.1, 0.15) is 42.1 Å². The molecule has 0 bridgehead atoms. The minimum Gasteiger partial charge on any atom is -0.497 e. The van der Waals surface area contributed by atoms with Gasteiger partial charge in [0.25, 0.3) is 0 Å². The molecule has 6 aliphatic carbocycles. The van der Waals surface area contributed by atoms with Crippen LogP contribution in [0.5, 0.6) is 28.7 Å². The van der Waals surface area contributed by atoms with E-state index in [4.69, 9.17) is 98.5 Å². The largest absolute Gasteiger partial charge is 0.497 e. The minimum absolute atomic E-state index is 0.0470. The second kappa shape index (κ2) is 58.7. The van der Waals surface area contributed by atoms with E-state index < -0.39 is 0 Å². The van der Waals surface area contributed by atoms with Crippen LogP contribution in [0.2, 0.25) is 10.0 Å². The Labute approximate surface area is 866 Å². The van der Waals surface area contributed by atoms with Gasteiger partial charge in [0.2, 0.25) is 53.2 Å². The number of primary amides is 9. The van der Waals surface area contributed by atoms with Crippen molar-refractivity contribution in [3.8, 4) is 28.7 Å². The number of rotatable bonds is 38. The SMILES string of the molecule is CC(C)C(CC(N)=O)c1ccc(Cl)cc1.CC(C)C(CC(N)=O)c1ccc(F)cc1.COc1ccc(C(CC(N)=O)C(C)C)cc1.COc1ccc(C(CC(N)=O)C2CC2)cc1.COc1ccc(C(CC(N)=O)C2CC2)cc1C.Cc1cc(C(CC(N)=O)C2CC2)ccc1F.Cc1ccc(C(CC(N)=O)C2CC2)cc1.NC(=O)CC(c1ccc2c(c1)OCCO2)C1CC1.NC(=O)CC1(c2ccc(Cl)cc2)CCCCC1. The molecule has 16 rings (SSSR count). The molecule has 9 amide bonds. The Bertz CT molecular complexity index is 5390. The molecule has 23 nitrogen and oxygen atoms in total. The first-order valence-electron chi connectivity index (χ1n) is 50.9. The molecule has 0 spiro atoms. The molecule has 1 heterocycles. The Morgan fingerprint density at radius 3 is 0.952 bits per heavy atom. The number of carbonyl (C=O) groups excluding carboxylic acids is 9. The molecule has 18 N–H and O–H groups in total. The Kier molecular flexibility index (Phi) is 47.7. The molecule has 8 unspecified atom stereocenters. The minimum atomic E-state index is -0.321. The quantitative estimate of drug-likeness (QED) is 0.0174. The smallest absolute Gasteiger partial charge is 0.218 e. The van der Waals surface area contributed by atoms with Crippen LogP contribution in [0.3, 0.4) is 0 Å². The van der Waals surface area contributed by atoms with Crippen molar-refractivity contribution < 1.29 is 75.6 Å². The summed E-state index contributed by atoms with van der Waals surface area (Å²) in [6.07, 6.45) is 21.5. The summed E-state index contributed by atoms with van der Waals surface area (Å²) in [5, 5.41) is 1.44. The first-order chi connectivity index (χ1) is 69.0. The molecule has 7 aliphatic rings. The molecule has 8 atom stereocenters. The van der Waals surface area contributed by atoms with Gasteiger partial charge in [-0.3, -0.25) is 43.2 Å². The van der Waals surface area contributed by atoms with E-state index in [0.29, 0.717) is 141 Å². The Balaban J connectivity index is 0.000000199. The van der Waals surface area contributed by atoms with E-state index in [1.54, 1.807) is 46.5 Å². The maximum atomic E-state index is 13.1. The molecule has 0 radical (unpaired) electrons. The van der Waals surface area contributed by atoms with Crippen molar-refractivity contribution in [1.29, 1.82) is 0 Å². The van der Waals surface area contributed by atoms with E-state index in [1.165, 1.54) is 117 Å². The summed E-state index contributed by atoms with van der Waals surface area (Å²) in [6.45, 7) is 19.4. The highest BCUT2D eigenvalue weighted by atomic mass is 35.5. The summed E-state index contributed by atoms with van der Waals surface area (Å²) in [5.41, 5.74) is 60.8. The highest BCUT2D eigenvalue weighted by Gasteiger charge is 2.40. The van der Waals surface area contributed by atoms with Gasteiger partial charge in [-0.1, -0.05) is 205 Å². The van der Waals surface area contributed by atoms with Crippen LogP contribution in [0, 0.1) is 79.7 Å². The fourth-order valence-electron chi connectivity index (χ4n) is 19.4. The lowest BCUT2D eigenvalue weighted by Gasteiger charge is -2.37. The van der Waals surface area contributed by atoms with Crippen LogP contribution in [0.15, 0.2) is 200 Å². The molecule has 1 aliphatic heterocycles. The van der Waals surface area contributed by atoms with Gasteiger partial charge in [-0.15, -0.1) is 0 Å².